The van der Waals surface area contributed by atoms with E-state index in [9.17, 15) is 15.3 Å². The van der Waals surface area contributed by atoms with Gasteiger partial charge in [0.2, 0.25) is 0 Å². The van der Waals surface area contributed by atoms with Crippen molar-refractivity contribution in [2.24, 2.45) is 5.92 Å². The molecule has 4 nitrogen and oxygen atoms in total. The molecule has 0 radical (unpaired) electrons. The van der Waals surface area contributed by atoms with E-state index in [-0.39, 0.29) is 12.3 Å². The highest BCUT2D eigenvalue weighted by atomic mass is 16.6. The Kier molecular flexibility index (Phi) is 13.6. The fourth-order valence-electron chi connectivity index (χ4n) is 3.96. The lowest BCUT2D eigenvalue weighted by atomic mass is 9.91. The van der Waals surface area contributed by atoms with Gasteiger partial charge in [-0.3, -0.25) is 0 Å². The molecule has 0 aromatic heterocycles. The molecular formula is C22H44O4. The molecule has 0 saturated carbocycles. The van der Waals surface area contributed by atoms with Crippen molar-refractivity contribution in [1.82, 2.24) is 0 Å². The van der Waals surface area contributed by atoms with Crippen molar-refractivity contribution < 1.29 is 20.1 Å². The van der Waals surface area contributed by atoms with E-state index in [2.05, 4.69) is 6.92 Å². The zero-order valence-electron chi connectivity index (χ0n) is 17.2. The number of ether oxygens (including phenoxy) is 1. The minimum atomic E-state index is -0.937. The van der Waals surface area contributed by atoms with E-state index in [0.717, 1.165) is 12.8 Å². The molecule has 4 heteroatoms. The van der Waals surface area contributed by atoms with Gasteiger partial charge in [0.05, 0.1) is 12.2 Å². The van der Waals surface area contributed by atoms with Crippen LogP contribution in [-0.4, -0.2) is 39.9 Å². The fraction of sp³-hybridized carbons (Fsp3) is 1.00. The van der Waals surface area contributed by atoms with Gasteiger partial charge in [-0.1, -0.05) is 97.3 Å². The third-order valence-electron chi connectivity index (χ3n) is 5.82. The third kappa shape index (κ3) is 10.2. The predicted octanol–water partition coefficient (Wildman–Crippen LogP) is 4.93. The lowest BCUT2D eigenvalue weighted by molar-refractivity contribution is -0.139. The maximum atomic E-state index is 10.3. The van der Waals surface area contributed by atoms with Gasteiger partial charge in [-0.25, -0.2) is 0 Å². The highest BCUT2D eigenvalue weighted by molar-refractivity contribution is 4.86. The molecule has 3 unspecified atom stereocenters. The zero-order chi connectivity index (χ0) is 19.2. The number of hydrogen-bond donors (Lipinski definition) is 3. The molecule has 3 N–H and O–H groups in total. The van der Waals surface area contributed by atoms with Crippen molar-refractivity contribution in [1.29, 1.82) is 0 Å². The van der Waals surface area contributed by atoms with E-state index in [0.29, 0.717) is 0 Å². The number of aliphatic hydroxyl groups is 3. The quantitative estimate of drug-likeness (QED) is 0.336. The van der Waals surface area contributed by atoms with E-state index in [1.54, 1.807) is 0 Å². The first-order valence-corrected chi connectivity index (χ1v) is 11.3. The first kappa shape index (κ1) is 23.9. The molecule has 1 saturated heterocycles. The van der Waals surface area contributed by atoms with Crippen molar-refractivity contribution in [3.05, 3.63) is 0 Å². The minimum absolute atomic E-state index is 0.0904. The van der Waals surface area contributed by atoms with Gasteiger partial charge >= 0.3 is 0 Å². The van der Waals surface area contributed by atoms with Crippen LogP contribution in [0.4, 0.5) is 0 Å². The van der Waals surface area contributed by atoms with Crippen molar-refractivity contribution in [2.75, 3.05) is 0 Å². The molecular weight excluding hydrogens is 328 g/mol. The smallest absolute Gasteiger partial charge is 0.157 e. The molecule has 1 fully saturated rings. The first-order valence-electron chi connectivity index (χ1n) is 11.3. The van der Waals surface area contributed by atoms with Crippen LogP contribution in [-0.2, 0) is 4.74 Å². The van der Waals surface area contributed by atoms with Gasteiger partial charge in [0.25, 0.3) is 0 Å². The summed E-state index contributed by atoms with van der Waals surface area (Å²) in [5.41, 5.74) is 0. The number of hydrogen-bond acceptors (Lipinski definition) is 4. The lowest BCUT2D eigenvalue weighted by Crippen LogP contribution is -2.38. The maximum Gasteiger partial charge on any atom is 0.157 e. The molecule has 0 aromatic carbocycles. The Morgan fingerprint density at radius 1 is 0.808 bits per heavy atom. The molecule has 0 aliphatic carbocycles. The molecule has 0 spiro atoms. The fourth-order valence-corrected chi connectivity index (χ4v) is 3.96. The Morgan fingerprint density at radius 2 is 1.27 bits per heavy atom. The summed E-state index contributed by atoms with van der Waals surface area (Å²) in [5.74, 6) is 0.0904. The first-order chi connectivity index (χ1) is 12.6. The molecule has 1 aliphatic rings. The van der Waals surface area contributed by atoms with Gasteiger partial charge in [0.1, 0.15) is 6.10 Å². The van der Waals surface area contributed by atoms with Crippen LogP contribution in [0.2, 0.25) is 0 Å². The van der Waals surface area contributed by atoms with Crippen LogP contribution in [0, 0.1) is 5.92 Å². The average Bonchev–Trinajstić information content (AvgIpc) is 2.96. The van der Waals surface area contributed by atoms with E-state index >= 15 is 0 Å². The number of unbranched alkanes of at least 4 members (excludes halogenated alkanes) is 12. The summed E-state index contributed by atoms with van der Waals surface area (Å²) in [6.45, 7) is 4.27. The maximum absolute atomic E-state index is 10.3. The summed E-state index contributed by atoms with van der Waals surface area (Å²) in [4.78, 5) is 0. The summed E-state index contributed by atoms with van der Waals surface area (Å²) < 4.78 is 5.23. The summed E-state index contributed by atoms with van der Waals surface area (Å²) in [5, 5.41) is 29.5. The van der Waals surface area contributed by atoms with E-state index < -0.39 is 24.6 Å². The third-order valence-corrected chi connectivity index (χ3v) is 5.82. The Balaban J connectivity index is 1.89. The average molecular weight is 373 g/mol. The Morgan fingerprint density at radius 3 is 1.69 bits per heavy atom. The Bertz CT molecular complexity index is 323. The highest BCUT2D eigenvalue weighted by Crippen LogP contribution is 2.27. The van der Waals surface area contributed by atoms with Gasteiger partial charge < -0.3 is 20.1 Å². The second-order valence-electron chi connectivity index (χ2n) is 8.36. The summed E-state index contributed by atoms with van der Waals surface area (Å²) in [6, 6.07) is 0. The molecule has 1 aliphatic heterocycles. The van der Waals surface area contributed by atoms with Gasteiger partial charge in [-0.05, 0) is 12.3 Å². The van der Waals surface area contributed by atoms with Crippen LogP contribution in [0.5, 0.6) is 0 Å². The van der Waals surface area contributed by atoms with Gasteiger partial charge in [0, 0.05) is 6.42 Å². The predicted molar refractivity (Wildman–Crippen MR) is 107 cm³/mol. The van der Waals surface area contributed by atoms with Crippen LogP contribution < -0.4 is 0 Å². The van der Waals surface area contributed by atoms with Crippen molar-refractivity contribution in [3.8, 4) is 0 Å². The van der Waals surface area contributed by atoms with Crippen molar-refractivity contribution in [2.45, 2.75) is 135 Å². The van der Waals surface area contributed by atoms with Crippen molar-refractivity contribution in [3.63, 3.8) is 0 Å². The van der Waals surface area contributed by atoms with E-state index in [4.69, 9.17) is 4.74 Å². The van der Waals surface area contributed by atoms with Crippen LogP contribution in [0.25, 0.3) is 0 Å². The summed E-state index contributed by atoms with van der Waals surface area (Å²) >= 11 is 0. The van der Waals surface area contributed by atoms with Gasteiger partial charge in [-0.2, -0.15) is 0 Å². The second-order valence-corrected chi connectivity index (χ2v) is 8.36. The lowest BCUT2D eigenvalue weighted by Gasteiger charge is -2.26. The highest BCUT2D eigenvalue weighted by Gasteiger charge is 2.39. The largest absolute Gasteiger partial charge is 0.390 e. The molecule has 0 bridgehead atoms. The van der Waals surface area contributed by atoms with Crippen LogP contribution in [0.1, 0.15) is 110 Å². The van der Waals surface area contributed by atoms with Crippen molar-refractivity contribution >= 4 is 0 Å². The molecule has 5 atom stereocenters. The molecule has 1 heterocycles. The summed E-state index contributed by atoms with van der Waals surface area (Å²) in [7, 11) is 0. The van der Waals surface area contributed by atoms with Gasteiger partial charge in [0.15, 0.2) is 6.29 Å². The molecule has 1 rings (SSSR count). The van der Waals surface area contributed by atoms with Gasteiger partial charge in [-0.15, -0.1) is 0 Å². The van der Waals surface area contributed by atoms with E-state index in [1.807, 2.05) is 6.92 Å². The van der Waals surface area contributed by atoms with E-state index in [1.165, 1.54) is 77.0 Å². The zero-order valence-corrected chi connectivity index (χ0v) is 17.2. The second kappa shape index (κ2) is 14.8. The molecule has 0 aromatic rings. The summed E-state index contributed by atoms with van der Waals surface area (Å²) in [6.07, 6.45) is 15.5. The SMILES string of the molecule is CCCCCCCCCCCCCCCC(C)C(O)[C@H]1OC(O)C[C@@H]1O. The standard InChI is InChI=1S/C22H44O4/c1-3-4-5-6-7-8-9-10-11-12-13-14-15-16-18(2)21(25)22-19(23)17-20(24)26-22/h18-25H,3-17H2,1-2H3/t18?,19-,20?,21?,22-/m0/s1. The Labute approximate surface area is 161 Å². The number of aliphatic hydroxyl groups excluding tert-OH is 3. The molecule has 156 valence electrons. The molecule has 26 heavy (non-hydrogen) atoms. The normalized spacial score (nSPS) is 25.5. The van der Waals surface area contributed by atoms with Crippen LogP contribution in [0.3, 0.4) is 0 Å². The number of rotatable bonds is 16. The van der Waals surface area contributed by atoms with Crippen LogP contribution in [0.15, 0.2) is 0 Å². The monoisotopic (exact) mass is 372 g/mol. The Hall–Kier alpha value is -0.160. The molecule has 0 amide bonds. The van der Waals surface area contributed by atoms with Crippen LogP contribution >= 0.6 is 0 Å². The topological polar surface area (TPSA) is 69.9 Å². The minimum Gasteiger partial charge on any atom is -0.390 e.